The second-order valence-corrected chi connectivity index (χ2v) is 7.53. The van der Waals surface area contributed by atoms with E-state index in [1.165, 1.54) is 10.9 Å². The zero-order valence-electron chi connectivity index (χ0n) is 16.5. The number of hydrogen-bond acceptors (Lipinski definition) is 5. The molecule has 2 heterocycles. The third-order valence-electron chi connectivity index (χ3n) is 4.71. The van der Waals surface area contributed by atoms with Crippen molar-refractivity contribution in [1.29, 1.82) is 0 Å². The van der Waals surface area contributed by atoms with E-state index in [9.17, 15) is 9.59 Å². The summed E-state index contributed by atoms with van der Waals surface area (Å²) in [6, 6.07) is 13.0. The Morgan fingerprint density at radius 2 is 1.90 bits per heavy atom. The third kappa shape index (κ3) is 4.08. The van der Waals surface area contributed by atoms with E-state index in [4.69, 9.17) is 11.6 Å². The zero-order valence-corrected chi connectivity index (χ0v) is 17.2. The maximum atomic E-state index is 12.7. The van der Waals surface area contributed by atoms with Crippen LogP contribution in [0.2, 0.25) is 5.02 Å². The summed E-state index contributed by atoms with van der Waals surface area (Å²) in [5.74, 6) is -0.321. The molecule has 4 rings (SSSR count). The number of aryl methyl sites for hydroxylation is 2. The van der Waals surface area contributed by atoms with Gasteiger partial charge in [-0.05, 0) is 43.2 Å². The van der Waals surface area contributed by atoms with E-state index in [2.05, 4.69) is 20.6 Å². The standard InChI is InChI=1S/C21H19ClN6O2/c1-13-3-8-17(14(2)9-13)24-18(29)11-27-12-23-20-19(21(27)30)25-26-28(20)10-15-4-6-16(22)7-5-15/h3-9,12H,10-11H2,1-2H3,(H,24,29). The first-order chi connectivity index (χ1) is 14.4. The van der Waals surface area contributed by atoms with E-state index in [0.29, 0.717) is 22.9 Å². The fourth-order valence-electron chi connectivity index (χ4n) is 3.17. The van der Waals surface area contributed by atoms with Crippen LogP contribution in [0.25, 0.3) is 11.2 Å². The monoisotopic (exact) mass is 422 g/mol. The number of nitrogens with one attached hydrogen (secondary N) is 1. The molecule has 0 bridgehead atoms. The van der Waals surface area contributed by atoms with Gasteiger partial charge in [0.1, 0.15) is 12.9 Å². The molecule has 0 aliphatic carbocycles. The molecule has 0 spiro atoms. The Kier molecular flexibility index (Phi) is 5.33. The summed E-state index contributed by atoms with van der Waals surface area (Å²) >= 11 is 5.91. The Morgan fingerprint density at radius 3 is 2.63 bits per heavy atom. The topological polar surface area (TPSA) is 94.7 Å². The second kappa shape index (κ2) is 8.08. The lowest BCUT2D eigenvalue weighted by atomic mass is 10.1. The molecule has 152 valence electrons. The molecule has 0 aliphatic rings. The highest BCUT2D eigenvalue weighted by Crippen LogP contribution is 2.16. The maximum absolute atomic E-state index is 12.7. The summed E-state index contributed by atoms with van der Waals surface area (Å²) in [6.45, 7) is 4.14. The lowest BCUT2D eigenvalue weighted by Crippen LogP contribution is -2.28. The molecule has 0 aliphatic heterocycles. The van der Waals surface area contributed by atoms with Gasteiger partial charge in [-0.2, -0.15) is 0 Å². The Bertz CT molecular complexity index is 1290. The van der Waals surface area contributed by atoms with Gasteiger partial charge in [0.15, 0.2) is 11.2 Å². The molecule has 4 aromatic rings. The van der Waals surface area contributed by atoms with Crippen LogP contribution < -0.4 is 10.9 Å². The number of nitrogens with zero attached hydrogens (tertiary/aromatic N) is 5. The number of aromatic nitrogens is 5. The Hall–Kier alpha value is -3.52. The molecular weight excluding hydrogens is 404 g/mol. The summed E-state index contributed by atoms with van der Waals surface area (Å²) in [5.41, 5.74) is 3.78. The summed E-state index contributed by atoms with van der Waals surface area (Å²) in [7, 11) is 0. The molecule has 0 radical (unpaired) electrons. The van der Waals surface area contributed by atoms with Crippen molar-refractivity contribution < 1.29 is 4.79 Å². The molecule has 8 nitrogen and oxygen atoms in total. The molecule has 0 fully saturated rings. The van der Waals surface area contributed by atoms with Crippen molar-refractivity contribution in [3.8, 4) is 0 Å². The Morgan fingerprint density at radius 1 is 1.13 bits per heavy atom. The highest BCUT2D eigenvalue weighted by molar-refractivity contribution is 6.30. The van der Waals surface area contributed by atoms with Gasteiger partial charge < -0.3 is 5.32 Å². The number of hydrogen-bond donors (Lipinski definition) is 1. The van der Waals surface area contributed by atoms with Crippen molar-refractivity contribution in [1.82, 2.24) is 24.5 Å². The first-order valence-electron chi connectivity index (χ1n) is 9.31. The zero-order chi connectivity index (χ0) is 21.3. The van der Waals surface area contributed by atoms with E-state index < -0.39 is 5.56 Å². The molecule has 1 amide bonds. The quantitative estimate of drug-likeness (QED) is 0.533. The van der Waals surface area contributed by atoms with Crippen LogP contribution in [0.3, 0.4) is 0 Å². The van der Waals surface area contributed by atoms with Crippen molar-refractivity contribution in [3.05, 3.63) is 80.9 Å². The van der Waals surface area contributed by atoms with Gasteiger partial charge in [0.25, 0.3) is 5.56 Å². The summed E-state index contributed by atoms with van der Waals surface area (Å²) in [4.78, 5) is 29.5. The van der Waals surface area contributed by atoms with E-state index >= 15 is 0 Å². The molecule has 2 aromatic heterocycles. The van der Waals surface area contributed by atoms with Crippen LogP contribution >= 0.6 is 11.6 Å². The number of halogens is 1. The van der Waals surface area contributed by atoms with Crippen LogP contribution in [0.1, 0.15) is 16.7 Å². The fourth-order valence-corrected chi connectivity index (χ4v) is 3.29. The molecule has 1 N–H and O–H groups in total. The predicted molar refractivity (Wildman–Crippen MR) is 115 cm³/mol. The number of rotatable bonds is 5. The molecule has 30 heavy (non-hydrogen) atoms. The van der Waals surface area contributed by atoms with Crippen LogP contribution in [0.4, 0.5) is 5.69 Å². The number of anilines is 1. The lowest BCUT2D eigenvalue weighted by molar-refractivity contribution is -0.116. The van der Waals surface area contributed by atoms with Crippen LogP contribution in [-0.4, -0.2) is 30.5 Å². The number of benzene rings is 2. The number of fused-ring (bicyclic) bond motifs is 1. The normalized spacial score (nSPS) is 11.0. The predicted octanol–water partition coefficient (Wildman–Crippen LogP) is 2.95. The third-order valence-corrected chi connectivity index (χ3v) is 4.96. The second-order valence-electron chi connectivity index (χ2n) is 7.09. The summed E-state index contributed by atoms with van der Waals surface area (Å²) < 4.78 is 2.77. The number of carbonyl (C=O) groups excluding carboxylic acids is 1. The molecule has 0 saturated heterocycles. The largest absolute Gasteiger partial charge is 0.324 e. The average molecular weight is 423 g/mol. The molecule has 0 unspecified atom stereocenters. The Labute approximate surface area is 177 Å². The SMILES string of the molecule is Cc1ccc(NC(=O)Cn2cnc3c(nnn3Cc3ccc(Cl)cc3)c2=O)c(C)c1. The van der Waals surface area contributed by atoms with Crippen LogP contribution in [0.5, 0.6) is 0 Å². The maximum Gasteiger partial charge on any atom is 0.283 e. The first kappa shape index (κ1) is 19.8. The van der Waals surface area contributed by atoms with E-state index in [0.717, 1.165) is 16.7 Å². The summed E-state index contributed by atoms with van der Waals surface area (Å²) in [5, 5.41) is 11.5. The van der Waals surface area contributed by atoms with Gasteiger partial charge in [0, 0.05) is 10.7 Å². The first-order valence-corrected chi connectivity index (χ1v) is 9.68. The van der Waals surface area contributed by atoms with Crippen molar-refractivity contribution in [2.45, 2.75) is 26.9 Å². The van der Waals surface area contributed by atoms with Gasteiger partial charge in [-0.3, -0.25) is 14.2 Å². The lowest BCUT2D eigenvalue weighted by Gasteiger charge is -2.10. The molecular formula is C21H19ClN6O2. The van der Waals surface area contributed by atoms with Gasteiger partial charge >= 0.3 is 0 Å². The van der Waals surface area contributed by atoms with E-state index in [-0.39, 0.29) is 18.0 Å². The van der Waals surface area contributed by atoms with Crippen LogP contribution in [0, 0.1) is 13.8 Å². The van der Waals surface area contributed by atoms with Crippen molar-refractivity contribution in [2.75, 3.05) is 5.32 Å². The van der Waals surface area contributed by atoms with Gasteiger partial charge in [0.05, 0.1) is 6.54 Å². The molecule has 9 heteroatoms. The molecule has 2 aromatic carbocycles. The van der Waals surface area contributed by atoms with Crippen LogP contribution in [0.15, 0.2) is 53.6 Å². The highest BCUT2D eigenvalue weighted by atomic mass is 35.5. The van der Waals surface area contributed by atoms with Gasteiger partial charge in [-0.25, -0.2) is 9.67 Å². The van der Waals surface area contributed by atoms with Gasteiger partial charge in [-0.1, -0.05) is 46.6 Å². The number of amides is 1. The van der Waals surface area contributed by atoms with Crippen molar-refractivity contribution >= 4 is 34.4 Å². The Balaban J connectivity index is 1.54. The van der Waals surface area contributed by atoms with Crippen molar-refractivity contribution in [3.63, 3.8) is 0 Å². The minimum absolute atomic E-state index is 0.116. The smallest absolute Gasteiger partial charge is 0.283 e. The molecule has 0 atom stereocenters. The minimum atomic E-state index is -0.418. The highest BCUT2D eigenvalue weighted by Gasteiger charge is 2.14. The van der Waals surface area contributed by atoms with E-state index in [1.807, 2.05) is 44.2 Å². The van der Waals surface area contributed by atoms with Crippen molar-refractivity contribution in [2.24, 2.45) is 0 Å². The van der Waals surface area contributed by atoms with E-state index in [1.54, 1.807) is 16.8 Å². The minimum Gasteiger partial charge on any atom is -0.324 e. The number of carbonyl (C=O) groups is 1. The fraction of sp³-hybridized carbons (Fsp3) is 0.190. The molecule has 0 saturated carbocycles. The summed E-state index contributed by atoms with van der Waals surface area (Å²) in [6.07, 6.45) is 1.34. The average Bonchev–Trinajstić information content (AvgIpc) is 3.11. The van der Waals surface area contributed by atoms with Gasteiger partial charge in [-0.15, -0.1) is 5.10 Å². The van der Waals surface area contributed by atoms with Gasteiger partial charge in [0.2, 0.25) is 5.91 Å². The van der Waals surface area contributed by atoms with Crippen LogP contribution in [-0.2, 0) is 17.9 Å².